The Balaban J connectivity index is 1.63. The van der Waals surface area contributed by atoms with Gasteiger partial charge in [0.2, 0.25) is 17.7 Å². The second kappa shape index (κ2) is 14.7. The molecule has 2 aromatic carbocycles. The molecule has 2 heterocycles. The van der Waals surface area contributed by atoms with Gasteiger partial charge in [-0.15, -0.1) is 11.3 Å². The van der Waals surface area contributed by atoms with E-state index in [4.69, 9.17) is 5.73 Å². The number of hydrogen-bond acceptors (Lipinski definition) is 6. The van der Waals surface area contributed by atoms with E-state index in [0.717, 1.165) is 21.2 Å². The Morgan fingerprint density at radius 3 is 2.30 bits per heavy atom. The highest BCUT2D eigenvalue weighted by atomic mass is 32.1. The van der Waals surface area contributed by atoms with Crippen LogP contribution in [0.3, 0.4) is 0 Å². The molecule has 4 rings (SSSR count). The topological polar surface area (TPSA) is 107 Å². The van der Waals surface area contributed by atoms with Crippen LogP contribution in [0.1, 0.15) is 56.9 Å². The summed E-state index contributed by atoms with van der Waals surface area (Å²) in [7, 11) is 3.38. The lowest BCUT2D eigenvalue weighted by Gasteiger charge is -2.38. The first kappa shape index (κ1) is 33.6. The van der Waals surface area contributed by atoms with E-state index in [9.17, 15) is 19.5 Å². The lowest BCUT2D eigenvalue weighted by Crippen LogP contribution is -2.57. The molecule has 1 aliphatic rings. The Morgan fingerprint density at radius 2 is 1.66 bits per heavy atom. The maximum atomic E-state index is 14.5. The van der Waals surface area contributed by atoms with Crippen LogP contribution >= 0.6 is 11.3 Å². The Hall–Kier alpha value is -3.27. The van der Waals surface area contributed by atoms with Gasteiger partial charge in [-0.1, -0.05) is 55.5 Å². The predicted molar refractivity (Wildman–Crippen MR) is 177 cm³/mol. The quantitative estimate of drug-likeness (QED) is 0.311. The third-order valence-corrected chi connectivity index (χ3v) is 9.54. The van der Waals surface area contributed by atoms with Gasteiger partial charge in [-0.25, -0.2) is 0 Å². The van der Waals surface area contributed by atoms with Gasteiger partial charge in [-0.3, -0.25) is 14.4 Å². The number of fused-ring (bicyclic) bond motifs is 1. The maximum Gasteiger partial charge on any atom is 0.246 e. The fraction of sp³-hybridized carbons (Fsp3) is 0.514. The minimum atomic E-state index is -0.798. The molecule has 238 valence electrons. The van der Waals surface area contributed by atoms with E-state index in [0.29, 0.717) is 45.2 Å². The molecule has 8 nitrogen and oxygen atoms in total. The third kappa shape index (κ3) is 8.89. The van der Waals surface area contributed by atoms with Crippen molar-refractivity contribution in [3.63, 3.8) is 0 Å². The van der Waals surface area contributed by atoms with E-state index in [-0.39, 0.29) is 30.1 Å². The van der Waals surface area contributed by atoms with Crippen LogP contribution in [0.2, 0.25) is 0 Å². The number of rotatable bonds is 12. The zero-order valence-corrected chi connectivity index (χ0v) is 27.6. The van der Waals surface area contributed by atoms with Crippen LogP contribution in [0.25, 0.3) is 10.8 Å². The molecule has 3 atom stereocenters. The van der Waals surface area contributed by atoms with Crippen molar-refractivity contribution in [1.82, 2.24) is 14.7 Å². The summed E-state index contributed by atoms with van der Waals surface area (Å²) in [4.78, 5) is 48.0. The van der Waals surface area contributed by atoms with Crippen LogP contribution < -0.4 is 5.73 Å². The highest BCUT2D eigenvalue weighted by Gasteiger charge is 2.38. The standard InChI is InChI=1S/C35H48N4O4S/c1-24(23-35(2,3)36)19-32(41)37(4)30(21-25-12-13-26-9-6-7-10-27(26)20-25)33(42)38(5)31(22-29-11-8-18-44-29)34(43)39-16-14-28(40)15-17-39/h6-13,18,20,24,28,30-31,40H,14-17,19,21-23,36H2,1-5H3/t24?,30-,31-/m1/s1. The fourth-order valence-electron chi connectivity index (χ4n) is 6.26. The molecule has 0 bridgehead atoms. The number of nitrogens with zero attached hydrogens (tertiary/aromatic N) is 3. The predicted octanol–water partition coefficient (Wildman–Crippen LogP) is 4.48. The van der Waals surface area contributed by atoms with E-state index in [2.05, 4.69) is 6.07 Å². The number of thiophene rings is 1. The molecule has 0 spiro atoms. The van der Waals surface area contributed by atoms with Crippen LogP contribution in [-0.2, 0) is 27.2 Å². The summed E-state index contributed by atoms with van der Waals surface area (Å²) >= 11 is 1.56. The second-order valence-corrected chi connectivity index (χ2v) is 14.2. The highest BCUT2D eigenvalue weighted by molar-refractivity contribution is 7.09. The molecule has 44 heavy (non-hydrogen) atoms. The molecule has 3 N–H and O–H groups in total. The number of amides is 3. The molecule has 1 unspecified atom stereocenters. The molecule has 9 heteroatoms. The first-order valence-corrected chi connectivity index (χ1v) is 16.5. The molecular weight excluding hydrogens is 572 g/mol. The zero-order valence-electron chi connectivity index (χ0n) is 26.7. The summed E-state index contributed by atoms with van der Waals surface area (Å²) in [6.07, 6.45) is 2.30. The largest absolute Gasteiger partial charge is 0.393 e. The van der Waals surface area contributed by atoms with Gasteiger partial charge in [-0.05, 0) is 66.8 Å². The molecule has 0 saturated carbocycles. The maximum absolute atomic E-state index is 14.5. The number of benzene rings is 2. The SMILES string of the molecule is CC(CC(=O)N(C)[C@H](Cc1ccc2ccccc2c1)C(=O)N(C)[C@H](Cc1cccs1)C(=O)N1CCC(O)CC1)CC(C)(C)N. The summed E-state index contributed by atoms with van der Waals surface area (Å²) in [5.41, 5.74) is 6.77. The molecule has 3 aromatic rings. The van der Waals surface area contributed by atoms with Gasteiger partial charge in [-0.2, -0.15) is 0 Å². The molecule has 0 aliphatic carbocycles. The monoisotopic (exact) mass is 620 g/mol. The van der Waals surface area contributed by atoms with Gasteiger partial charge in [0.15, 0.2) is 0 Å². The Morgan fingerprint density at radius 1 is 0.977 bits per heavy atom. The number of aliphatic hydroxyl groups is 1. The van der Waals surface area contributed by atoms with Crippen LogP contribution in [0.5, 0.6) is 0 Å². The Bertz CT molecular complexity index is 1410. The highest BCUT2D eigenvalue weighted by Crippen LogP contribution is 2.24. The summed E-state index contributed by atoms with van der Waals surface area (Å²) in [6, 6.07) is 16.6. The second-order valence-electron chi connectivity index (χ2n) is 13.2. The summed E-state index contributed by atoms with van der Waals surface area (Å²) < 4.78 is 0. The van der Waals surface area contributed by atoms with E-state index >= 15 is 0 Å². The first-order valence-electron chi connectivity index (χ1n) is 15.6. The number of piperidine rings is 1. The van der Waals surface area contributed by atoms with Crippen molar-refractivity contribution < 1.29 is 19.5 Å². The number of carbonyl (C=O) groups excluding carboxylic acids is 3. The number of likely N-dealkylation sites (tertiary alicyclic amines) is 1. The van der Waals surface area contributed by atoms with Crippen molar-refractivity contribution in [1.29, 1.82) is 0 Å². The van der Waals surface area contributed by atoms with Crippen molar-refractivity contribution in [2.45, 2.75) is 83.0 Å². The normalized spacial score (nSPS) is 16.4. The van der Waals surface area contributed by atoms with Gasteiger partial charge in [0.25, 0.3) is 0 Å². The number of nitrogens with two attached hydrogens (primary N) is 1. The average molecular weight is 621 g/mol. The van der Waals surface area contributed by atoms with Crippen LogP contribution in [0.4, 0.5) is 0 Å². The lowest BCUT2D eigenvalue weighted by atomic mass is 9.90. The van der Waals surface area contributed by atoms with E-state index in [1.807, 2.05) is 74.7 Å². The molecular formula is C35H48N4O4S. The van der Waals surface area contributed by atoms with Crippen molar-refractivity contribution in [2.75, 3.05) is 27.2 Å². The number of hydrogen-bond donors (Lipinski definition) is 2. The zero-order chi connectivity index (χ0) is 32.0. The van der Waals surface area contributed by atoms with E-state index in [1.54, 1.807) is 40.1 Å². The lowest BCUT2D eigenvalue weighted by molar-refractivity contribution is -0.151. The van der Waals surface area contributed by atoms with Gasteiger partial charge in [0.1, 0.15) is 12.1 Å². The molecule has 1 fully saturated rings. The molecule has 0 radical (unpaired) electrons. The van der Waals surface area contributed by atoms with Crippen molar-refractivity contribution >= 4 is 39.8 Å². The van der Waals surface area contributed by atoms with Gasteiger partial charge in [0, 0.05) is 56.9 Å². The van der Waals surface area contributed by atoms with Crippen LogP contribution in [0.15, 0.2) is 60.0 Å². The molecule has 3 amide bonds. The van der Waals surface area contributed by atoms with Gasteiger partial charge in [0.05, 0.1) is 6.10 Å². The minimum Gasteiger partial charge on any atom is -0.393 e. The van der Waals surface area contributed by atoms with Crippen molar-refractivity contribution in [3.8, 4) is 0 Å². The molecule has 1 saturated heterocycles. The Kier molecular flexibility index (Phi) is 11.2. The Labute approximate surface area is 265 Å². The summed E-state index contributed by atoms with van der Waals surface area (Å²) in [5, 5.41) is 14.2. The number of carbonyl (C=O) groups is 3. The summed E-state index contributed by atoms with van der Waals surface area (Å²) in [5.74, 6) is -0.478. The third-order valence-electron chi connectivity index (χ3n) is 8.64. The van der Waals surface area contributed by atoms with Crippen molar-refractivity contribution in [2.24, 2.45) is 11.7 Å². The van der Waals surface area contributed by atoms with E-state index in [1.165, 1.54) is 0 Å². The smallest absolute Gasteiger partial charge is 0.246 e. The van der Waals surface area contributed by atoms with E-state index < -0.39 is 23.7 Å². The molecule has 1 aliphatic heterocycles. The van der Waals surface area contributed by atoms with Gasteiger partial charge < -0.3 is 25.5 Å². The number of aliphatic hydroxyl groups excluding tert-OH is 1. The fourth-order valence-corrected chi connectivity index (χ4v) is 7.00. The van der Waals surface area contributed by atoms with Gasteiger partial charge >= 0.3 is 0 Å². The minimum absolute atomic E-state index is 0.0432. The van der Waals surface area contributed by atoms with Crippen molar-refractivity contribution in [3.05, 3.63) is 70.4 Å². The molecule has 1 aromatic heterocycles. The first-order chi connectivity index (χ1) is 20.8. The number of likely N-dealkylation sites (N-methyl/N-ethyl adjacent to an activating group) is 2. The van der Waals surface area contributed by atoms with Crippen LogP contribution in [-0.4, -0.2) is 88.4 Å². The van der Waals surface area contributed by atoms with Crippen LogP contribution in [0, 0.1) is 5.92 Å². The average Bonchev–Trinajstić information content (AvgIpc) is 3.50. The summed E-state index contributed by atoms with van der Waals surface area (Å²) in [6.45, 7) is 6.82.